The zero-order valence-corrected chi connectivity index (χ0v) is 9.53. The number of hydrogen-bond donors (Lipinski definition) is 0. The Hall–Kier alpha value is -0.670. The minimum absolute atomic E-state index is 0.168. The average molecular weight is 222 g/mol. The van der Waals surface area contributed by atoms with Gasteiger partial charge in [0.05, 0.1) is 6.61 Å². The Bertz CT molecular complexity index is 238. The number of esters is 1. The third-order valence-corrected chi connectivity index (χ3v) is 2.87. The fraction of sp³-hybridized carbons (Fsp3) is 0.750. The Morgan fingerprint density at radius 1 is 1.36 bits per heavy atom. The second kappa shape index (κ2) is 6.74. The van der Waals surface area contributed by atoms with Crippen LogP contribution in [0.3, 0.4) is 0 Å². The Morgan fingerprint density at radius 3 is 2.29 bits per heavy atom. The molecular formula is C8H15O5P. The molecule has 0 aromatic carbocycles. The number of rotatable bonds is 6. The summed E-state index contributed by atoms with van der Waals surface area (Å²) in [7, 11) is -2.63. The lowest BCUT2D eigenvalue weighted by Gasteiger charge is -2.14. The van der Waals surface area contributed by atoms with Crippen LogP contribution in [0.5, 0.6) is 0 Å². The van der Waals surface area contributed by atoms with E-state index in [-0.39, 0.29) is 18.8 Å². The lowest BCUT2D eigenvalue weighted by Crippen LogP contribution is -2.22. The molecule has 5 nitrogen and oxygen atoms in total. The molecule has 0 saturated heterocycles. The summed E-state index contributed by atoms with van der Waals surface area (Å²) in [5.41, 5.74) is 0. The molecule has 0 aliphatic heterocycles. The van der Waals surface area contributed by atoms with Crippen molar-refractivity contribution in [1.29, 1.82) is 0 Å². The summed E-state index contributed by atoms with van der Waals surface area (Å²) >= 11 is 0. The van der Waals surface area contributed by atoms with E-state index < -0.39 is 19.8 Å². The van der Waals surface area contributed by atoms with Crippen LogP contribution in [0.1, 0.15) is 27.2 Å². The molecule has 0 amide bonds. The fourth-order valence-electron chi connectivity index (χ4n) is 0.815. The highest BCUT2D eigenvalue weighted by atomic mass is 31.1. The maximum absolute atomic E-state index is 11.3. The van der Waals surface area contributed by atoms with Gasteiger partial charge < -0.3 is 9.26 Å². The summed E-state index contributed by atoms with van der Waals surface area (Å²) in [4.78, 5) is 21.9. The van der Waals surface area contributed by atoms with E-state index in [1.54, 1.807) is 13.8 Å². The smallest absolute Gasteiger partial charge is 0.303 e. The molecule has 0 aromatic rings. The van der Waals surface area contributed by atoms with E-state index in [9.17, 15) is 14.2 Å². The first-order chi connectivity index (χ1) is 6.52. The first-order valence-corrected chi connectivity index (χ1v) is 5.78. The normalized spacial score (nSPS) is 14.5. The lowest BCUT2D eigenvalue weighted by molar-refractivity contribution is -0.148. The monoisotopic (exact) mass is 222 g/mol. The highest BCUT2D eigenvalue weighted by Gasteiger charge is 2.26. The number of ketones is 1. The molecule has 0 radical (unpaired) electrons. The average Bonchev–Trinajstić information content (AvgIpc) is 2.13. The van der Waals surface area contributed by atoms with Crippen LogP contribution in [-0.4, -0.2) is 24.2 Å². The third kappa shape index (κ3) is 4.53. The molecule has 0 heterocycles. The SMILES string of the molecule is CCO[PH](=O)C(OC(C)=O)C(=O)CC. The summed E-state index contributed by atoms with van der Waals surface area (Å²) in [6, 6.07) is 0. The molecule has 0 bridgehead atoms. The predicted molar refractivity (Wildman–Crippen MR) is 51.5 cm³/mol. The van der Waals surface area contributed by atoms with Crippen LogP contribution in [-0.2, 0) is 23.4 Å². The maximum atomic E-state index is 11.3. The van der Waals surface area contributed by atoms with Gasteiger partial charge in [0.2, 0.25) is 13.9 Å². The van der Waals surface area contributed by atoms with Gasteiger partial charge in [0, 0.05) is 13.3 Å². The van der Waals surface area contributed by atoms with E-state index in [0.29, 0.717) is 0 Å². The lowest BCUT2D eigenvalue weighted by atomic mass is 10.3. The summed E-state index contributed by atoms with van der Waals surface area (Å²) in [5, 5.41) is 0. The first-order valence-electron chi connectivity index (χ1n) is 4.39. The molecule has 0 saturated carbocycles. The first kappa shape index (κ1) is 13.3. The molecule has 82 valence electrons. The number of carbonyl (C=O) groups is 2. The zero-order valence-electron chi connectivity index (χ0n) is 8.53. The zero-order chi connectivity index (χ0) is 11.1. The van der Waals surface area contributed by atoms with Gasteiger partial charge in [0.15, 0.2) is 5.78 Å². The van der Waals surface area contributed by atoms with E-state index in [0.717, 1.165) is 6.92 Å². The van der Waals surface area contributed by atoms with Crippen molar-refractivity contribution in [1.82, 2.24) is 0 Å². The highest BCUT2D eigenvalue weighted by molar-refractivity contribution is 7.41. The van der Waals surface area contributed by atoms with Gasteiger partial charge in [-0.15, -0.1) is 0 Å². The molecule has 0 spiro atoms. The van der Waals surface area contributed by atoms with Gasteiger partial charge in [0.1, 0.15) is 0 Å². The quantitative estimate of drug-likeness (QED) is 0.501. The van der Waals surface area contributed by atoms with E-state index in [1.165, 1.54) is 0 Å². The van der Waals surface area contributed by atoms with Gasteiger partial charge in [-0.25, -0.2) is 0 Å². The number of carbonyl (C=O) groups excluding carboxylic acids is 2. The van der Waals surface area contributed by atoms with Crippen LogP contribution < -0.4 is 0 Å². The largest absolute Gasteiger partial charge is 0.444 e. The Morgan fingerprint density at radius 2 is 1.93 bits per heavy atom. The van der Waals surface area contributed by atoms with Crippen LogP contribution in [0.25, 0.3) is 0 Å². The second-order valence-electron chi connectivity index (χ2n) is 2.56. The van der Waals surface area contributed by atoms with Gasteiger partial charge in [-0.1, -0.05) is 6.92 Å². The van der Waals surface area contributed by atoms with Crippen molar-refractivity contribution in [2.24, 2.45) is 0 Å². The van der Waals surface area contributed by atoms with E-state index in [1.807, 2.05) is 0 Å². The minimum Gasteiger partial charge on any atom is -0.444 e. The van der Waals surface area contributed by atoms with Gasteiger partial charge in [-0.05, 0) is 6.92 Å². The number of ether oxygens (including phenoxy) is 1. The van der Waals surface area contributed by atoms with Crippen molar-refractivity contribution in [3.63, 3.8) is 0 Å². The van der Waals surface area contributed by atoms with Crippen molar-refractivity contribution in [3.05, 3.63) is 0 Å². The van der Waals surface area contributed by atoms with Crippen molar-refractivity contribution in [2.45, 2.75) is 33.0 Å². The van der Waals surface area contributed by atoms with Crippen LogP contribution in [0.15, 0.2) is 0 Å². The van der Waals surface area contributed by atoms with E-state index in [2.05, 4.69) is 4.74 Å². The molecule has 2 atom stereocenters. The van der Waals surface area contributed by atoms with Crippen LogP contribution in [0.4, 0.5) is 0 Å². The molecular weight excluding hydrogens is 207 g/mol. The molecule has 0 rings (SSSR count). The summed E-state index contributed by atoms with van der Waals surface area (Å²) in [6.45, 7) is 4.66. The highest BCUT2D eigenvalue weighted by Crippen LogP contribution is 2.31. The van der Waals surface area contributed by atoms with Crippen molar-refractivity contribution >= 4 is 19.8 Å². The van der Waals surface area contributed by atoms with Gasteiger partial charge >= 0.3 is 5.97 Å². The van der Waals surface area contributed by atoms with Gasteiger partial charge in [-0.3, -0.25) is 14.2 Å². The van der Waals surface area contributed by atoms with Crippen molar-refractivity contribution in [3.8, 4) is 0 Å². The standard InChI is InChI=1S/C8H15O5P/c1-4-7(10)8(13-6(3)9)14(11)12-5-2/h8,14H,4-5H2,1-3H3. The number of Topliss-reactive ketones (excluding diaryl/α,β-unsaturated/α-hetero) is 1. The van der Waals surface area contributed by atoms with Gasteiger partial charge in [-0.2, -0.15) is 0 Å². The molecule has 2 unspecified atom stereocenters. The predicted octanol–water partition coefficient (Wildman–Crippen LogP) is 1.37. The number of hydrogen-bond acceptors (Lipinski definition) is 5. The molecule has 14 heavy (non-hydrogen) atoms. The summed E-state index contributed by atoms with van der Waals surface area (Å²) < 4.78 is 20.8. The summed E-state index contributed by atoms with van der Waals surface area (Å²) in [5.74, 6) is -2.23. The van der Waals surface area contributed by atoms with Crippen molar-refractivity contribution in [2.75, 3.05) is 6.61 Å². The fourth-order valence-corrected chi connectivity index (χ4v) is 1.98. The Kier molecular flexibility index (Phi) is 6.41. The Labute approximate surface area is 83.6 Å². The minimum atomic E-state index is -2.63. The van der Waals surface area contributed by atoms with Crippen LogP contribution >= 0.6 is 8.03 Å². The molecule has 0 aliphatic carbocycles. The third-order valence-electron chi connectivity index (χ3n) is 1.43. The Balaban J connectivity index is 4.45. The maximum Gasteiger partial charge on any atom is 0.303 e. The molecule has 0 aromatic heterocycles. The van der Waals surface area contributed by atoms with Crippen LogP contribution in [0, 0.1) is 0 Å². The molecule has 0 fully saturated rings. The van der Waals surface area contributed by atoms with E-state index >= 15 is 0 Å². The van der Waals surface area contributed by atoms with Crippen LogP contribution in [0.2, 0.25) is 0 Å². The van der Waals surface area contributed by atoms with Gasteiger partial charge in [0.25, 0.3) is 0 Å². The van der Waals surface area contributed by atoms with E-state index in [4.69, 9.17) is 4.52 Å². The second-order valence-corrected chi connectivity index (χ2v) is 4.01. The molecule has 0 N–H and O–H groups in total. The van der Waals surface area contributed by atoms with Crippen molar-refractivity contribution < 1.29 is 23.4 Å². The molecule has 6 heteroatoms. The summed E-state index contributed by atoms with van der Waals surface area (Å²) in [6.07, 6.45) is 0.168. The topological polar surface area (TPSA) is 69.7 Å². The molecule has 0 aliphatic rings.